The highest BCUT2D eigenvalue weighted by atomic mass is 35.5. The molecule has 156 valence electrons. The van der Waals surface area contributed by atoms with Crippen LogP contribution in [0.2, 0.25) is 5.02 Å². The maximum absolute atomic E-state index is 12.0. The van der Waals surface area contributed by atoms with Crippen LogP contribution in [0.25, 0.3) is 6.08 Å². The summed E-state index contributed by atoms with van der Waals surface area (Å²) in [4.78, 5) is 25.5. The summed E-state index contributed by atoms with van der Waals surface area (Å²) >= 11 is 6.24. The standard InChI is InChI=1S/C22H28ClN3O3/c1-5-6-13-25(4)21(27)15-29-22(28)12-11-19-16(2)24-26(17(19)3)14-18-9-7-8-10-20(18)23/h7-12H,5-6,13-15H2,1-4H3/b12-11+. The first-order valence-corrected chi connectivity index (χ1v) is 10.1. The minimum Gasteiger partial charge on any atom is -0.452 e. The third kappa shape index (κ3) is 6.46. The number of hydrogen-bond acceptors (Lipinski definition) is 4. The largest absolute Gasteiger partial charge is 0.452 e. The summed E-state index contributed by atoms with van der Waals surface area (Å²) < 4.78 is 6.92. The Bertz CT molecular complexity index is 889. The number of carbonyl (C=O) groups excluding carboxylic acids is 2. The molecule has 1 aromatic heterocycles. The number of amides is 1. The van der Waals surface area contributed by atoms with Crippen molar-refractivity contribution < 1.29 is 14.3 Å². The average Bonchev–Trinajstić information content (AvgIpc) is 2.97. The van der Waals surface area contributed by atoms with Crippen molar-refractivity contribution in [2.75, 3.05) is 20.2 Å². The van der Waals surface area contributed by atoms with Crippen LogP contribution in [0.15, 0.2) is 30.3 Å². The molecule has 0 aliphatic rings. The van der Waals surface area contributed by atoms with Crippen LogP contribution < -0.4 is 0 Å². The fourth-order valence-electron chi connectivity index (χ4n) is 2.86. The lowest BCUT2D eigenvalue weighted by molar-refractivity contribution is -0.147. The summed E-state index contributed by atoms with van der Waals surface area (Å²) in [7, 11) is 1.71. The van der Waals surface area contributed by atoms with Crippen LogP contribution in [-0.2, 0) is 20.9 Å². The van der Waals surface area contributed by atoms with Crippen LogP contribution >= 0.6 is 11.6 Å². The topological polar surface area (TPSA) is 64.4 Å². The van der Waals surface area contributed by atoms with Gasteiger partial charge in [-0.05, 0) is 38.0 Å². The molecule has 0 unspecified atom stereocenters. The van der Waals surface area contributed by atoms with E-state index in [0.717, 1.165) is 35.4 Å². The lowest BCUT2D eigenvalue weighted by Gasteiger charge is -2.16. The van der Waals surface area contributed by atoms with Crippen molar-refractivity contribution in [3.63, 3.8) is 0 Å². The van der Waals surface area contributed by atoms with Crippen molar-refractivity contribution >= 4 is 29.6 Å². The van der Waals surface area contributed by atoms with Gasteiger partial charge in [-0.15, -0.1) is 0 Å². The van der Waals surface area contributed by atoms with E-state index in [1.54, 1.807) is 18.0 Å². The zero-order valence-corrected chi connectivity index (χ0v) is 18.2. The van der Waals surface area contributed by atoms with E-state index in [9.17, 15) is 9.59 Å². The molecular weight excluding hydrogens is 390 g/mol. The maximum Gasteiger partial charge on any atom is 0.331 e. The van der Waals surface area contributed by atoms with Crippen molar-refractivity contribution in [2.24, 2.45) is 0 Å². The van der Waals surface area contributed by atoms with Crippen LogP contribution in [-0.4, -0.2) is 46.8 Å². The summed E-state index contributed by atoms with van der Waals surface area (Å²) in [5.74, 6) is -0.764. The molecule has 29 heavy (non-hydrogen) atoms. The molecule has 7 heteroatoms. The number of ether oxygens (including phenoxy) is 1. The molecule has 0 spiro atoms. The van der Waals surface area contributed by atoms with E-state index in [1.807, 2.05) is 42.8 Å². The van der Waals surface area contributed by atoms with Gasteiger partial charge in [0.15, 0.2) is 6.61 Å². The van der Waals surface area contributed by atoms with Gasteiger partial charge in [0.1, 0.15) is 0 Å². The molecule has 0 saturated carbocycles. The third-order valence-corrected chi connectivity index (χ3v) is 5.08. The highest BCUT2D eigenvalue weighted by Gasteiger charge is 2.13. The molecule has 0 aliphatic carbocycles. The van der Waals surface area contributed by atoms with Gasteiger partial charge in [-0.1, -0.05) is 43.1 Å². The Morgan fingerprint density at radius 1 is 1.28 bits per heavy atom. The Kier molecular flexibility index (Phi) is 8.46. The fraction of sp³-hybridized carbons (Fsp3) is 0.409. The van der Waals surface area contributed by atoms with Crippen molar-refractivity contribution in [3.05, 3.63) is 57.9 Å². The number of likely N-dealkylation sites (N-methyl/N-ethyl adjacent to an activating group) is 1. The Morgan fingerprint density at radius 3 is 2.69 bits per heavy atom. The Labute approximate surface area is 177 Å². The number of aromatic nitrogens is 2. The van der Waals surface area contributed by atoms with Crippen LogP contribution in [0.5, 0.6) is 0 Å². The first-order chi connectivity index (χ1) is 13.8. The van der Waals surface area contributed by atoms with E-state index >= 15 is 0 Å². The number of halogens is 1. The normalized spacial score (nSPS) is 11.1. The molecule has 0 bridgehead atoms. The summed E-state index contributed by atoms with van der Waals surface area (Å²) in [6.45, 7) is 6.83. The lowest BCUT2D eigenvalue weighted by atomic mass is 10.1. The van der Waals surface area contributed by atoms with Crippen LogP contribution in [0, 0.1) is 13.8 Å². The van der Waals surface area contributed by atoms with E-state index in [0.29, 0.717) is 18.1 Å². The lowest BCUT2D eigenvalue weighted by Crippen LogP contribution is -2.31. The molecule has 0 N–H and O–H groups in total. The Balaban J connectivity index is 1.98. The molecule has 0 saturated heterocycles. The van der Waals surface area contributed by atoms with Gasteiger partial charge in [-0.3, -0.25) is 9.48 Å². The summed E-state index contributed by atoms with van der Waals surface area (Å²) in [5, 5.41) is 5.23. The first kappa shape index (κ1) is 22.7. The van der Waals surface area contributed by atoms with Gasteiger partial charge in [0.25, 0.3) is 5.91 Å². The zero-order chi connectivity index (χ0) is 21.4. The quantitative estimate of drug-likeness (QED) is 0.456. The van der Waals surface area contributed by atoms with Gasteiger partial charge in [-0.25, -0.2) is 4.79 Å². The molecule has 0 aliphatic heterocycles. The van der Waals surface area contributed by atoms with E-state index in [4.69, 9.17) is 16.3 Å². The number of esters is 1. The molecule has 2 aromatic rings. The molecule has 2 rings (SSSR count). The van der Waals surface area contributed by atoms with E-state index < -0.39 is 5.97 Å². The maximum atomic E-state index is 12.0. The number of hydrogen-bond donors (Lipinski definition) is 0. The van der Waals surface area contributed by atoms with Crippen molar-refractivity contribution in [3.8, 4) is 0 Å². The van der Waals surface area contributed by atoms with E-state index in [1.165, 1.54) is 6.08 Å². The molecule has 0 atom stereocenters. The zero-order valence-electron chi connectivity index (χ0n) is 17.4. The van der Waals surface area contributed by atoms with Crippen molar-refractivity contribution in [2.45, 2.75) is 40.2 Å². The molecule has 0 radical (unpaired) electrons. The minimum absolute atomic E-state index is 0.208. The van der Waals surface area contributed by atoms with Crippen LogP contribution in [0.1, 0.15) is 42.3 Å². The summed E-state index contributed by atoms with van der Waals surface area (Å²) in [6.07, 6.45) is 4.93. The molecule has 6 nitrogen and oxygen atoms in total. The van der Waals surface area contributed by atoms with E-state index in [-0.39, 0.29) is 12.5 Å². The Morgan fingerprint density at radius 2 is 2.00 bits per heavy atom. The van der Waals surface area contributed by atoms with Gasteiger partial charge in [0, 0.05) is 35.9 Å². The average molecular weight is 418 g/mol. The number of carbonyl (C=O) groups is 2. The Hall–Kier alpha value is -2.60. The third-order valence-electron chi connectivity index (χ3n) is 4.71. The second kappa shape index (κ2) is 10.8. The van der Waals surface area contributed by atoms with Crippen LogP contribution in [0.3, 0.4) is 0 Å². The number of rotatable bonds is 9. The highest BCUT2D eigenvalue weighted by molar-refractivity contribution is 6.31. The number of benzene rings is 1. The van der Waals surface area contributed by atoms with E-state index in [2.05, 4.69) is 12.0 Å². The predicted molar refractivity (Wildman–Crippen MR) is 115 cm³/mol. The smallest absolute Gasteiger partial charge is 0.331 e. The van der Waals surface area contributed by atoms with Crippen molar-refractivity contribution in [1.29, 1.82) is 0 Å². The van der Waals surface area contributed by atoms with Gasteiger partial charge in [0.2, 0.25) is 0 Å². The van der Waals surface area contributed by atoms with Gasteiger partial charge >= 0.3 is 5.97 Å². The van der Waals surface area contributed by atoms with Gasteiger partial charge in [-0.2, -0.15) is 5.10 Å². The fourth-order valence-corrected chi connectivity index (χ4v) is 3.05. The minimum atomic E-state index is -0.556. The van der Waals surface area contributed by atoms with Crippen molar-refractivity contribution in [1.82, 2.24) is 14.7 Å². The van der Waals surface area contributed by atoms with Gasteiger partial charge in [0.05, 0.1) is 12.2 Å². The van der Waals surface area contributed by atoms with Crippen LogP contribution in [0.4, 0.5) is 0 Å². The summed E-state index contributed by atoms with van der Waals surface area (Å²) in [6, 6.07) is 7.63. The second-order valence-electron chi connectivity index (χ2n) is 6.94. The molecular formula is C22H28ClN3O3. The van der Waals surface area contributed by atoms with Gasteiger partial charge < -0.3 is 9.64 Å². The molecule has 1 heterocycles. The highest BCUT2D eigenvalue weighted by Crippen LogP contribution is 2.20. The SMILES string of the molecule is CCCCN(C)C(=O)COC(=O)/C=C/c1c(C)nn(Cc2ccccc2Cl)c1C. The predicted octanol–water partition coefficient (Wildman–Crippen LogP) is 4.02. The first-order valence-electron chi connectivity index (χ1n) is 9.69. The number of nitrogens with zero attached hydrogens (tertiary/aromatic N) is 3. The molecule has 1 amide bonds. The number of aryl methyl sites for hydroxylation is 1. The summed E-state index contributed by atoms with van der Waals surface area (Å²) in [5.41, 5.74) is 3.54. The second-order valence-corrected chi connectivity index (χ2v) is 7.35. The number of unbranched alkanes of at least 4 members (excludes halogenated alkanes) is 1. The molecule has 1 aromatic carbocycles. The monoisotopic (exact) mass is 417 g/mol. The molecule has 0 fully saturated rings.